The highest BCUT2D eigenvalue weighted by molar-refractivity contribution is 7.10. The number of rotatable bonds is 5. The van der Waals surface area contributed by atoms with E-state index < -0.39 is 0 Å². The molecule has 0 bridgehead atoms. The van der Waals surface area contributed by atoms with E-state index in [0.29, 0.717) is 19.5 Å². The molecule has 0 fully saturated rings. The molecule has 0 aliphatic rings. The maximum atomic E-state index is 11.7. The highest BCUT2D eigenvalue weighted by atomic mass is 32.1. The van der Waals surface area contributed by atoms with Gasteiger partial charge in [0.2, 0.25) is 5.91 Å². The van der Waals surface area contributed by atoms with E-state index in [4.69, 9.17) is 5.11 Å². The van der Waals surface area contributed by atoms with Crippen LogP contribution >= 0.6 is 11.3 Å². The highest BCUT2D eigenvalue weighted by Crippen LogP contribution is 2.15. The van der Waals surface area contributed by atoms with Gasteiger partial charge in [-0.1, -0.05) is 11.8 Å². The van der Waals surface area contributed by atoms with Crippen LogP contribution in [0.2, 0.25) is 0 Å². The molecular weight excluding hydrogens is 274 g/mol. The minimum atomic E-state index is -0.161. The highest BCUT2D eigenvalue weighted by Gasteiger charge is 2.05. The van der Waals surface area contributed by atoms with E-state index in [2.05, 4.69) is 22.3 Å². The van der Waals surface area contributed by atoms with E-state index in [0.717, 1.165) is 10.4 Å². The summed E-state index contributed by atoms with van der Waals surface area (Å²) in [6, 6.07) is 3.72. The van der Waals surface area contributed by atoms with E-state index in [-0.39, 0.29) is 12.5 Å². The largest absolute Gasteiger partial charge is 0.384 e. The summed E-state index contributed by atoms with van der Waals surface area (Å²) in [6.45, 7) is 0.872. The number of aliphatic hydroxyl groups excluding tert-OH is 1. The molecule has 20 heavy (non-hydrogen) atoms. The Morgan fingerprint density at radius 2 is 2.45 bits per heavy atom. The fraction of sp³-hybridized carbons (Fsp3) is 0.286. The van der Waals surface area contributed by atoms with E-state index in [1.54, 1.807) is 22.2 Å². The molecule has 0 saturated heterocycles. The van der Waals surface area contributed by atoms with E-state index in [1.807, 2.05) is 23.7 Å². The lowest BCUT2D eigenvalue weighted by Crippen LogP contribution is -2.23. The number of thiophene rings is 1. The van der Waals surface area contributed by atoms with Gasteiger partial charge in [-0.3, -0.25) is 9.48 Å². The monoisotopic (exact) mass is 289 g/mol. The Labute approximate surface area is 121 Å². The average molecular weight is 289 g/mol. The minimum absolute atomic E-state index is 0.0185. The number of nitrogens with zero attached hydrogens (tertiary/aromatic N) is 2. The van der Waals surface area contributed by atoms with Crippen molar-refractivity contribution in [2.24, 2.45) is 0 Å². The molecule has 0 aromatic carbocycles. The molecule has 2 rings (SSSR count). The Morgan fingerprint density at radius 1 is 1.55 bits per heavy atom. The van der Waals surface area contributed by atoms with Crippen LogP contribution in [0.4, 0.5) is 0 Å². The summed E-state index contributed by atoms with van der Waals surface area (Å²) in [4.78, 5) is 12.7. The average Bonchev–Trinajstić information content (AvgIpc) is 3.11. The van der Waals surface area contributed by atoms with Crippen LogP contribution in [0.1, 0.15) is 16.9 Å². The topological polar surface area (TPSA) is 67.2 Å². The summed E-state index contributed by atoms with van der Waals surface area (Å²) >= 11 is 1.54. The number of aryl methyl sites for hydroxylation is 1. The van der Waals surface area contributed by atoms with Crippen LogP contribution in [0, 0.1) is 11.8 Å². The summed E-state index contributed by atoms with van der Waals surface area (Å²) in [7, 11) is 0. The molecule has 6 heteroatoms. The number of hydrogen-bond donors (Lipinski definition) is 2. The maximum absolute atomic E-state index is 11.7. The lowest BCUT2D eigenvalue weighted by molar-refractivity contribution is -0.121. The molecule has 0 saturated carbocycles. The molecule has 2 heterocycles. The third-order valence-electron chi connectivity index (χ3n) is 2.62. The van der Waals surface area contributed by atoms with Crippen LogP contribution in [-0.4, -0.2) is 27.4 Å². The summed E-state index contributed by atoms with van der Waals surface area (Å²) < 4.78 is 1.73. The lowest BCUT2D eigenvalue weighted by atomic mass is 10.2. The van der Waals surface area contributed by atoms with Gasteiger partial charge in [0, 0.05) is 35.8 Å². The van der Waals surface area contributed by atoms with Crippen LogP contribution < -0.4 is 5.32 Å². The van der Waals surface area contributed by atoms with Crippen LogP contribution in [0.25, 0.3) is 0 Å². The fourth-order valence-corrected chi connectivity index (χ4v) is 2.41. The second-order valence-corrected chi connectivity index (χ2v) is 5.01. The van der Waals surface area contributed by atoms with Crippen molar-refractivity contribution in [1.82, 2.24) is 15.1 Å². The van der Waals surface area contributed by atoms with Crippen molar-refractivity contribution in [2.45, 2.75) is 19.5 Å². The van der Waals surface area contributed by atoms with Crippen molar-refractivity contribution >= 4 is 17.2 Å². The van der Waals surface area contributed by atoms with E-state index in [1.165, 1.54) is 0 Å². The molecule has 1 amide bonds. The number of aromatic nitrogens is 2. The summed E-state index contributed by atoms with van der Waals surface area (Å²) in [5, 5.41) is 17.5. The molecule has 0 atom stereocenters. The van der Waals surface area contributed by atoms with Gasteiger partial charge in [0.1, 0.15) is 6.61 Å². The van der Waals surface area contributed by atoms with Crippen LogP contribution in [0.15, 0.2) is 29.9 Å². The van der Waals surface area contributed by atoms with Crippen molar-refractivity contribution in [3.8, 4) is 11.8 Å². The van der Waals surface area contributed by atoms with Gasteiger partial charge in [0.25, 0.3) is 0 Å². The summed E-state index contributed by atoms with van der Waals surface area (Å²) in [5.74, 6) is 5.46. The third-order valence-corrected chi connectivity index (χ3v) is 3.54. The van der Waals surface area contributed by atoms with Crippen LogP contribution in [-0.2, 0) is 17.9 Å². The number of aliphatic hydroxyl groups is 1. The van der Waals surface area contributed by atoms with Gasteiger partial charge in [-0.05, 0) is 17.5 Å². The Hall–Kier alpha value is -2.10. The van der Waals surface area contributed by atoms with E-state index in [9.17, 15) is 4.79 Å². The van der Waals surface area contributed by atoms with Crippen molar-refractivity contribution < 1.29 is 9.90 Å². The van der Waals surface area contributed by atoms with Gasteiger partial charge in [-0.25, -0.2) is 0 Å². The van der Waals surface area contributed by atoms with E-state index >= 15 is 0 Å². The van der Waals surface area contributed by atoms with Gasteiger partial charge in [-0.2, -0.15) is 5.10 Å². The lowest BCUT2D eigenvalue weighted by Gasteiger charge is -2.04. The number of carbonyl (C=O) groups is 1. The SMILES string of the molecule is O=C(CCn1cccn1)NCc1sccc1C#CCO. The maximum Gasteiger partial charge on any atom is 0.222 e. The second-order valence-electron chi connectivity index (χ2n) is 4.01. The second kappa shape index (κ2) is 7.48. The van der Waals surface area contributed by atoms with Gasteiger partial charge in [0.15, 0.2) is 0 Å². The number of carbonyl (C=O) groups excluding carboxylic acids is 1. The first-order valence-electron chi connectivity index (χ1n) is 6.20. The fourth-order valence-electron chi connectivity index (χ4n) is 1.64. The predicted octanol–water partition coefficient (Wildman–Crippen LogP) is 0.995. The van der Waals surface area contributed by atoms with Gasteiger partial charge in [-0.15, -0.1) is 11.3 Å². The zero-order valence-electron chi connectivity index (χ0n) is 10.9. The first-order valence-corrected chi connectivity index (χ1v) is 7.08. The molecule has 0 aliphatic carbocycles. The smallest absolute Gasteiger partial charge is 0.222 e. The number of nitrogens with one attached hydrogen (secondary N) is 1. The normalized spacial score (nSPS) is 9.85. The van der Waals surface area contributed by atoms with Gasteiger partial charge < -0.3 is 10.4 Å². The minimum Gasteiger partial charge on any atom is -0.384 e. The van der Waals surface area contributed by atoms with Crippen LogP contribution in [0.5, 0.6) is 0 Å². The molecule has 0 spiro atoms. The Balaban J connectivity index is 1.80. The Morgan fingerprint density at radius 3 is 3.20 bits per heavy atom. The standard InChI is InChI=1S/C14H15N3O2S/c18-9-1-3-12-5-10-20-13(12)11-15-14(19)4-8-17-7-2-6-16-17/h2,5-7,10,18H,4,8-9,11H2,(H,15,19). The molecule has 104 valence electrons. The molecular formula is C14H15N3O2S. The van der Waals surface area contributed by atoms with Gasteiger partial charge in [0.05, 0.1) is 6.54 Å². The number of amides is 1. The van der Waals surface area contributed by atoms with Crippen molar-refractivity contribution in [3.05, 3.63) is 40.3 Å². The van der Waals surface area contributed by atoms with Crippen molar-refractivity contribution in [1.29, 1.82) is 0 Å². The molecule has 0 radical (unpaired) electrons. The van der Waals surface area contributed by atoms with Crippen LogP contribution in [0.3, 0.4) is 0 Å². The predicted molar refractivity (Wildman–Crippen MR) is 77.0 cm³/mol. The van der Waals surface area contributed by atoms with Gasteiger partial charge >= 0.3 is 0 Å². The molecule has 2 aromatic heterocycles. The zero-order chi connectivity index (χ0) is 14.2. The Bertz CT molecular complexity index is 608. The first kappa shape index (κ1) is 14.3. The molecule has 2 aromatic rings. The molecule has 2 N–H and O–H groups in total. The zero-order valence-corrected chi connectivity index (χ0v) is 11.7. The third kappa shape index (κ3) is 4.23. The molecule has 0 unspecified atom stereocenters. The molecule has 0 aliphatic heterocycles. The van der Waals surface area contributed by atoms with Crippen molar-refractivity contribution in [2.75, 3.05) is 6.61 Å². The Kier molecular flexibility index (Phi) is 5.35. The quantitative estimate of drug-likeness (QED) is 0.807. The first-order chi connectivity index (χ1) is 9.79. The number of hydrogen-bond acceptors (Lipinski definition) is 4. The summed E-state index contributed by atoms with van der Waals surface area (Å²) in [5.41, 5.74) is 0.858. The summed E-state index contributed by atoms with van der Waals surface area (Å²) in [6.07, 6.45) is 3.91. The van der Waals surface area contributed by atoms with Crippen molar-refractivity contribution in [3.63, 3.8) is 0 Å². The molecule has 5 nitrogen and oxygen atoms in total.